The topological polar surface area (TPSA) is 76.9 Å². The van der Waals surface area contributed by atoms with Gasteiger partial charge in [-0.2, -0.15) is 0 Å². The van der Waals surface area contributed by atoms with Crippen molar-refractivity contribution >= 4 is 45.9 Å². The molecule has 8 nitrogen and oxygen atoms in total. The van der Waals surface area contributed by atoms with Gasteiger partial charge < -0.3 is 23.8 Å². The summed E-state index contributed by atoms with van der Waals surface area (Å²) in [5.41, 5.74) is 3.93. The summed E-state index contributed by atoms with van der Waals surface area (Å²) in [6, 6.07) is 25.3. The van der Waals surface area contributed by atoms with Gasteiger partial charge in [0.25, 0.3) is 5.91 Å². The van der Waals surface area contributed by atoms with Crippen molar-refractivity contribution in [1.82, 2.24) is 19.4 Å². The van der Waals surface area contributed by atoms with Crippen molar-refractivity contribution in [3.8, 4) is 11.5 Å². The minimum absolute atomic E-state index is 0.0528. The van der Waals surface area contributed by atoms with Gasteiger partial charge in [-0.15, -0.1) is 0 Å². The standard InChI is InChI=1S/C40H37Cl2FN4O4/c41-31-11-7-28(21-32(31)42)39(49)46-20-16-40(24-46,29-8-12-35-36(22-29)51-25-50-35)15-19-45-17-13-27(14-18-45)37(48)38-44-33-3-1-2-4-34(33)47(38)23-26-5-9-30(43)10-6-26/h1-12,21-22,27H,13-20,23-25H2. The molecule has 0 radical (unpaired) electrons. The van der Waals surface area contributed by atoms with Gasteiger partial charge in [0, 0.05) is 36.5 Å². The Kier molecular flexibility index (Phi) is 9.21. The Bertz CT molecular complexity index is 2110. The molecule has 5 aromatic rings. The van der Waals surface area contributed by atoms with Gasteiger partial charge in [0.1, 0.15) is 5.82 Å². The Balaban J connectivity index is 0.968. The maximum Gasteiger partial charge on any atom is 0.253 e. The normalized spacial score (nSPS) is 19.2. The van der Waals surface area contributed by atoms with Crippen molar-refractivity contribution in [3.05, 3.63) is 123 Å². The number of rotatable bonds is 9. The molecule has 0 saturated carbocycles. The maximum absolute atomic E-state index is 14.1. The molecule has 4 aromatic carbocycles. The SMILES string of the molecule is O=C(c1nc2ccccc2n1Cc1ccc(F)cc1)C1CCN(CCC2(c3ccc4c(c3)OCO4)CCN(C(=O)c3ccc(Cl)c(Cl)c3)C2)CC1. The predicted molar refractivity (Wildman–Crippen MR) is 195 cm³/mol. The second kappa shape index (κ2) is 13.9. The lowest BCUT2D eigenvalue weighted by Crippen LogP contribution is -2.41. The number of ketones is 1. The first-order chi connectivity index (χ1) is 24.8. The first kappa shape index (κ1) is 33.7. The lowest BCUT2D eigenvalue weighted by molar-refractivity contribution is 0.0778. The van der Waals surface area contributed by atoms with Gasteiger partial charge in [0.05, 0.1) is 21.1 Å². The number of likely N-dealkylation sites (tertiary alicyclic amines) is 2. The molecule has 1 unspecified atom stereocenters. The number of hydrogen-bond donors (Lipinski definition) is 0. The van der Waals surface area contributed by atoms with Crippen LogP contribution in [-0.4, -0.2) is 70.6 Å². The molecule has 0 aliphatic carbocycles. The number of fused-ring (bicyclic) bond motifs is 2. The Morgan fingerprint density at radius 3 is 2.47 bits per heavy atom. The number of amides is 1. The Labute approximate surface area is 305 Å². The summed E-state index contributed by atoms with van der Waals surface area (Å²) < 4.78 is 26.9. The molecule has 0 bridgehead atoms. The lowest BCUT2D eigenvalue weighted by Gasteiger charge is -2.36. The van der Waals surface area contributed by atoms with Crippen LogP contribution in [0.25, 0.3) is 11.0 Å². The van der Waals surface area contributed by atoms with Gasteiger partial charge in [0.15, 0.2) is 17.3 Å². The minimum Gasteiger partial charge on any atom is -0.454 e. The van der Waals surface area contributed by atoms with Gasteiger partial charge >= 0.3 is 0 Å². The summed E-state index contributed by atoms with van der Waals surface area (Å²) in [6.07, 6.45) is 3.11. The molecular formula is C40H37Cl2FN4O4. The van der Waals surface area contributed by atoms with E-state index in [1.165, 1.54) is 12.1 Å². The minimum atomic E-state index is -0.291. The number of imidazole rings is 1. The van der Waals surface area contributed by atoms with E-state index < -0.39 is 0 Å². The van der Waals surface area contributed by atoms with E-state index in [1.807, 2.05) is 39.8 Å². The van der Waals surface area contributed by atoms with E-state index in [9.17, 15) is 14.0 Å². The number of Topliss-reactive ketones (excluding diaryl/α,β-unsaturated/α-hetero) is 1. The van der Waals surface area contributed by atoms with Gasteiger partial charge in [-0.3, -0.25) is 9.59 Å². The third-order valence-corrected chi connectivity index (χ3v) is 11.5. The summed E-state index contributed by atoms with van der Waals surface area (Å²) in [7, 11) is 0. The number of benzene rings is 4. The molecule has 0 spiro atoms. The fraction of sp³-hybridized carbons (Fsp3) is 0.325. The zero-order chi connectivity index (χ0) is 35.1. The predicted octanol–water partition coefficient (Wildman–Crippen LogP) is 8.03. The Morgan fingerprint density at radius 1 is 0.882 bits per heavy atom. The number of aromatic nitrogens is 2. The third-order valence-electron chi connectivity index (χ3n) is 10.8. The van der Waals surface area contributed by atoms with Crippen LogP contribution in [0.2, 0.25) is 10.0 Å². The van der Waals surface area contributed by atoms with E-state index in [1.54, 1.807) is 30.3 Å². The lowest BCUT2D eigenvalue weighted by atomic mass is 9.76. The third kappa shape index (κ3) is 6.70. The van der Waals surface area contributed by atoms with Crippen molar-refractivity contribution < 1.29 is 23.5 Å². The molecular weight excluding hydrogens is 690 g/mol. The molecule has 3 aliphatic heterocycles. The average Bonchev–Trinajstić information content (AvgIpc) is 3.90. The summed E-state index contributed by atoms with van der Waals surface area (Å²) in [5.74, 6) is 1.47. The molecule has 262 valence electrons. The number of piperidine rings is 1. The summed E-state index contributed by atoms with van der Waals surface area (Å²) in [4.78, 5) is 36.8. The van der Waals surface area contributed by atoms with Crippen LogP contribution in [0, 0.1) is 11.7 Å². The molecule has 4 heterocycles. The van der Waals surface area contributed by atoms with E-state index in [2.05, 4.69) is 17.0 Å². The van der Waals surface area contributed by atoms with Crippen LogP contribution in [-0.2, 0) is 12.0 Å². The summed E-state index contributed by atoms with van der Waals surface area (Å²) >= 11 is 12.4. The number of hydrogen-bond acceptors (Lipinski definition) is 6. The number of carbonyl (C=O) groups excluding carboxylic acids is 2. The Hall–Kier alpha value is -4.44. The average molecular weight is 728 g/mol. The zero-order valence-corrected chi connectivity index (χ0v) is 29.5. The maximum atomic E-state index is 14.1. The highest BCUT2D eigenvalue weighted by Gasteiger charge is 2.43. The van der Waals surface area contributed by atoms with Crippen LogP contribution in [0.5, 0.6) is 11.5 Å². The molecule has 51 heavy (non-hydrogen) atoms. The molecule has 1 amide bonds. The first-order valence-corrected chi connectivity index (χ1v) is 18.1. The fourth-order valence-corrected chi connectivity index (χ4v) is 8.14. The zero-order valence-electron chi connectivity index (χ0n) is 28.0. The van der Waals surface area contributed by atoms with Crippen LogP contribution in [0.3, 0.4) is 0 Å². The molecule has 1 aromatic heterocycles. The summed E-state index contributed by atoms with van der Waals surface area (Å²) in [5, 5.41) is 0.772. The molecule has 11 heteroatoms. The van der Waals surface area contributed by atoms with Gasteiger partial charge in [-0.1, -0.05) is 53.5 Å². The number of para-hydroxylation sites is 2. The number of halogens is 3. The highest BCUT2D eigenvalue weighted by atomic mass is 35.5. The quantitative estimate of drug-likeness (QED) is 0.143. The first-order valence-electron chi connectivity index (χ1n) is 17.4. The molecule has 1 atom stereocenters. The monoisotopic (exact) mass is 726 g/mol. The van der Waals surface area contributed by atoms with Gasteiger partial charge in [0.2, 0.25) is 12.6 Å². The van der Waals surface area contributed by atoms with Crippen LogP contribution in [0.15, 0.2) is 84.9 Å². The van der Waals surface area contributed by atoms with Crippen molar-refractivity contribution in [2.45, 2.75) is 37.6 Å². The Morgan fingerprint density at radius 2 is 1.67 bits per heavy atom. The van der Waals surface area contributed by atoms with E-state index in [0.717, 1.165) is 79.0 Å². The fourth-order valence-electron chi connectivity index (χ4n) is 7.84. The molecule has 3 aliphatic rings. The smallest absolute Gasteiger partial charge is 0.253 e. The van der Waals surface area contributed by atoms with Crippen molar-refractivity contribution in [2.24, 2.45) is 5.92 Å². The number of ether oxygens (including phenoxy) is 2. The molecule has 2 fully saturated rings. The number of nitrogens with zero attached hydrogens (tertiary/aromatic N) is 4. The second-order valence-corrected chi connectivity index (χ2v) is 14.6. The van der Waals surface area contributed by atoms with Crippen LogP contribution < -0.4 is 9.47 Å². The van der Waals surface area contributed by atoms with Crippen LogP contribution in [0.4, 0.5) is 4.39 Å². The van der Waals surface area contributed by atoms with Crippen LogP contribution in [0.1, 0.15) is 57.8 Å². The van der Waals surface area contributed by atoms with E-state index in [0.29, 0.717) is 41.1 Å². The van der Waals surface area contributed by atoms with Gasteiger partial charge in [-0.05, 0) is 111 Å². The highest BCUT2D eigenvalue weighted by Crippen LogP contribution is 2.43. The second-order valence-electron chi connectivity index (χ2n) is 13.8. The summed E-state index contributed by atoms with van der Waals surface area (Å²) in [6.45, 7) is 4.22. The molecule has 8 rings (SSSR count). The van der Waals surface area contributed by atoms with Crippen molar-refractivity contribution in [2.75, 3.05) is 39.5 Å². The van der Waals surface area contributed by atoms with E-state index >= 15 is 0 Å². The number of carbonyl (C=O) groups is 2. The highest BCUT2D eigenvalue weighted by molar-refractivity contribution is 6.42. The van der Waals surface area contributed by atoms with E-state index in [-0.39, 0.29) is 35.6 Å². The van der Waals surface area contributed by atoms with E-state index in [4.69, 9.17) is 37.7 Å². The van der Waals surface area contributed by atoms with Crippen molar-refractivity contribution in [1.29, 1.82) is 0 Å². The molecule has 0 N–H and O–H groups in total. The largest absolute Gasteiger partial charge is 0.454 e. The van der Waals surface area contributed by atoms with Crippen molar-refractivity contribution in [3.63, 3.8) is 0 Å². The molecule has 2 saturated heterocycles. The van der Waals surface area contributed by atoms with Gasteiger partial charge in [-0.25, -0.2) is 9.37 Å². The van der Waals surface area contributed by atoms with Crippen LogP contribution >= 0.6 is 23.2 Å².